The van der Waals surface area contributed by atoms with Crippen molar-refractivity contribution in [3.63, 3.8) is 0 Å². The van der Waals surface area contributed by atoms with Gasteiger partial charge in [-0.15, -0.1) is 0 Å². The summed E-state index contributed by atoms with van der Waals surface area (Å²) in [6.45, 7) is 37.5. The average Bonchev–Trinajstić information content (AvgIpc) is 3.29. The Morgan fingerprint density at radius 2 is 0.789 bits per heavy atom. The zero-order chi connectivity index (χ0) is 41.7. The number of benzene rings is 2. The summed E-state index contributed by atoms with van der Waals surface area (Å²) in [5, 5.41) is 0. The second kappa shape index (κ2) is 13.9. The molecule has 57 heavy (non-hydrogen) atoms. The van der Waals surface area contributed by atoms with Crippen LogP contribution in [0.5, 0.6) is 0 Å². The summed E-state index contributed by atoms with van der Waals surface area (Å²) < 4.78 is 0. The van der Waals surface area contributed by atoms with E-state index in [0.717, 1.165) is 17.5 Å². The first-order valence-electron chi connectivity index (χ1n) is 22.8. The molecule has 2 aromatic heterocycles. The highest BCUT2D eigenvalue weighted by Crippen LogP contribution is 2.62. The maximum absolute atomic E-state index is 4.97. The largest absolute Gasteiger partial charge is 0.256 e. The van der Waals surface area contributed by atoms with Crippen LogP contribution < -0.4 is 0 Å². The summed E-state index contributed by atoms with van der Waals surface area (Å²) in [5.74, 6) is 1.61. The fourth-order valence-electron chi connectivity index (χ4n) is 11.6. The Bertz CT molecular complexity index is 2160. The highest BCUT2D eigenvalue weighted by atomic mass is 14.7. The molecule has 1 fully saturated rings. The fourth-order valence-corrected chi connectivity index (χ4v) is 11.6. The van der Waals surface area contributed by atoms with Crippen LogP contribution in [0.4, 0.5) is 0 Å². The number of pyridine rings is 2. The van der Waals surface area contributed by atoms with Crippen molar-refractivity contribution in [3.8, 4) is 22.5 Å². The molecule has 0 spiro atoms. The van der Waals surface area contributed by atoms with Gasteiger partial charge in [-0.2, -0.15) is 0 Å². The number of rotatable bonds is 2. The van der Waals surface area contributed by atoms with E-state index in [1.165, 1.54) is 102 Å². The average molecular weight is 765 g/mol. The van der Waals surface area contributed by atoms with Crippen molar-refractivity contribution in [2.45, 2.75) is 206 Å². The number of hydrogen-bond donors (Lipinski definition) is 0. The van der Waals surface area contributed by atoms with Gasteiger partial charge in [0.05, 0.1) is 11.4 Å². The van der Waals surface area contributed by atoms with Crippen LogP contribution in [0.15, 0.2) is 60.9 Å². The van der Waals surface area contributed by atoms with Crippen LogP contribution in [0, 0.1) is 5.41 Å². The SMILES string of the molecule is CC.CC1(C)CCC(C)(C)c2cc(-c3ccc4c(c3)C(C)(C)C(C)(C)C4(C)C)ncc21.CC1(C)CCC(C)(C)c2cc(-c3ccc4c(c3)C3CCC4CC3)ncc21. The van der Waals surface area contributed by atoms with E-state index in [4.69, 9.17) is 9.97 Å². The van der Waals surface area contributed by atoms with Crippen molar-refractivity contribution in [1.29, 1.82) is 0 Å². The standard InChI is InChI=1S/C28H39N.C25H31N.C2H6/c1-24(2)13-14-25(3,4)22-17-29-23(16-20(22)24)18-11-12-19-21(15-18)27(7,8)28(9,10)26(19,5)6;1-24(2)11-12-25(3,4)22-15-26-23(14-21(22)24)18-9-10-19-16-5-7-17(8-6-16)20(19)13-18;1-2/h11-12,15-17H,13-14H2,1-10H3;9-10,13-17H,5-8,11-12H2,1-4H3;1-2H3. The summed E-state index contributed by atoms with van der Waals surface area (Å²) >= 11 is 0. The molecule has 0 saturated heterocycles. The van der Waals surface area contributed by atoms with Crippen LogP contribution in [-0.2, 0) is 32.5 Å². The molecule has 10 rings (SSSR count). The molecule has 4 aromatic rings. The van der Waals surface area contributed by atoms with Crippen LogP contribution in [0.2, 0.25) is 0 Å². The van der Waals surface area contributed by atoms with Gasteiger partial charge in [-0.1, -0.05) is 135 Å². The molecule has 0 atom stereocenters. The quantitative estimate of drug-likeness (QED) is 0.203. The van der Waals surface area contributed by atoms with E-state index >= 15 is 0 Å². The summed E-state index contributed by atoms with van der Waals surface area (Å²) in [6, 6.07) is 19.1. The molecule has 0 aliphatic heterocycles. The number of fused-ring (bicyclic) bond motifs is 5. The maximum atomic E-state index is 4.97. The third-order valence-electron chi connectivity index (χ3n) is 17.3. The topological polar surface area (TPSA) is 25.8 Å². The Morgan fingerprint density at radius 3 is 1.26 bits per heavy atom. The molecular weight excluding hydrogens is 689 g/mol. The summed E-state index contributed by atoms with van der Waals surface area (Å²) in [4.78, 5) is 9.90. The molecule has 306 valence electrons. The second-order valence-electron chi connectivity index (χ2n) is 22.8. The Morgan fingerprint density at radius 1 is 0.404 bits per heavy atom. The molecule has 2 bridgehead atoms. The lowest BCUT2D eigenvalue weighted by atomic mass is 9.59. The monoisotopic (exact) mass is 765 g/mol. The predicted molar refractivity (Wildman–Crippen MR) is 245 cm³/mol. The van der Waals surface area contributed by atoms with E-state index in [2.05, 4.69) is 158 Å². The summed E-state index contributed by atoms with van der Waals surface area (Å²) in [6.07, 6.45) is 14.9. The third-order valence-corrected chi connectivity index (χ3v) is 17.3. The van der Waals surface area contributed by atoms with Crippen LogP contribution >= 0.6 is 0 Å². The number of hydrogen-bond acceptors (Lipinski definition) is 2. The van der Waals surface area contributed by atoms with E-state index in [0.29, 0.717) is 0 Å². The maximum Gasteiger partial charge on any atom is 0.0705 e. The van der Waals surface area contributed by atoms with Crippen LogP contribution in [0.1, 0.15) is 218 Å². The molecule has 1 saturated carbocycles. The molecule has 2 nitrogen and oxygen atoms in total. The lowest BCUT2D eigenvalue weighted by molar-refractivity contribution is 0.125. The molecule has 0 N–H and O–H groups in total. The molecule has 2 aromatic carbocycles. The highest BCUT2D eigenvalue weighted by molar-refractivity contribution is 5.67. The zero-order valence-electron chi connectivity index (χ0n) is 39.0. The normalized spacial score (nSPS) is 25.3. The van der Waals surface area contributed by atoms with Gasteiger partial charge < -0.3 is 0 Å². The minimum Gasteiger partial charge on any atom is -0.256 e. The first kappa shape index (κ1) is 41.9. The van der Waals surface area contributed by atoms with Gasteiger partial charge in [-0.3, -0.25) is 9.97 Å². The smallest absolute Gasteiger partial charge is 0.0705 e. The summed E-state index contributed by atoms with van der Waals surface area (Å²) in [7, 11) is 0. The van der Waals surface area contributed by atoms with Gasteiger partial charge in [0.25, 0.3) is 0 Å². The van der Waals surface area contributed by atoms with Gasteiger partial charge in [0.1, 0.15) is 0 Å². The minimum absolute atomic E-state index is 0.122. The van der Waals surface area contributed by atoms with E-state index in [-0.39, 0.29) is 37.9 Å². The Balaban J connectivity index is 0.000000168. The van der Waals surface area contributed by atoms with Gasteiger partial charge in [0.2, 0.25) is 0 Å². The molecule has 6 aliphatic rings. The molecule has 0 amide bonds. The van der Waals surface area contributed by atoms with Crippen molar-refractivity contribution in [2.24, 2.45) is 5.41 Å². The van der Waals surface area contributed by atoms with Crippen LogP contribution in [0.25, 0.3) is 22.5 Å². The van der Waals surface area contributed by atoms with E-state index in [1.807, 2.05) is 13.8 Å². The van der Waals surface area contributed by atoms with Gasteiger partial charge >= 0.3 is 0 Å². The Kier molecular flexibility index (Phi) is 10.2. The molecule has 2 heteroatoms. The fraction of sp³-hybridized carbons (Fsp3) is 0.600. The van der Waals surface area contributed by atoms with Crippen LogP contribution in [0.3, 0.4) is 0 Å². The van der Waals surface area contributed by atoms with Gasteiger partial charge in [-0.25, -0.2) is 0 Å². The van der Waals surface area contributed by atoms with Crippen molar-refractivity contribution >= 4 is 0 Å². The molecule has 0 unspecified atom stereocenters. The lowest BCUT2D eigenvalue weighted by Crippen LogP contribution is -2.42. The van der Waals surface area contributed by atoms with Crippen molar-refractivity contribution in [2.75, 3.05) is 0 Å². The van der Waals surface area contributed by atoms with Gasteiger partial charge in [-0.05, 0) is 170 Å². The van der Waals surface area contributed by atoms with Crippen molar-refractivity contribution < 1.29 is 0 Å². The molecule has 2 heterocycles. The highest BCUT2D eigenvalue weighted by Gasteiger charge is 2.56. The molecule has 6 aliphatic carbocycles. The summed E-state index contributed by atoms with van der Waals surface area (Å²) in [5.41, 5.74) is 18.4. The van der Waals surface area contributed by atoms with E-state index < -0.39 is 0 Å². The number of aromatic nitrogens is 2. The van der Waals surface area contributed by atoms with Gasteiger partial charge in [0.15, 0.2) is 0 Å². The van der Waals surface area contributed by atoms with Crippen molar-refractivity contribution in [1.82, 2.24) is 9.97 Å². The van der Waals surface area contributed by atoms with Gasteiger partial charge in [0, 0.05) is 23.5 Å². The third kappa shape index (κ3) is 6.66. The first-order chi connectivity index (χ1) is 26.5. The first-order valence-corrected chi connectivity index (χ1v) is 22.8. The van der Waals surface area contributed by atoms with Crippen molar-refractivity contribution in [3.05, 3.63) is 105 Å². The minimum atomic E-state index is 0.122. The Labute approximate surface area is 348 Å². The second-order valence-corrected chi connectivity index (χ2v) is 22.8. The van der Waals surface area contributed by atoms with E-state index in [1.54, 1.807) is 11.1 Å². The number of nitrogens with zero attached hydrogens (tertiary/aromatic N) is 2. The molecule has 0 radical (unpaired) electrons. The van der Waals surface area contributed by atoms with E-state index in [9.17, 15) is 0 Å². The Hall–Kier alpha value is -3.26. The molecular formula is C55H76N2. The zero-order valence-corrected chi connectivity index (χ0v) is 39.0. The lowest BCUT2D eigenvalue weighted by Gasteiger charge is -2.44. The van der Waals surface area contributed by atoms with Crippen LogP contribution in [-0.4, -0.2) is 9.97 Å². The predicted octanol–water partition coefficient (Wildman–Crippen LogP) is 15.6.